The average Bonchev–Trinajstić information content (AvgIpc) is 2.99. The van der Waals surface area contributed by atoms with Gasteiger partial charge in [0.2, 0.25) is 17.7 Å². The molecule has 2 unspecified atom stereocenters. The van der Waals surface area contributed by atoms with E-state index in [0.717, 1.165) is 21.9 Å². The van der Waals surface area contributed by atoms with Gasteiger partial charge in [-0.1, -0.05) is 48.5 Å². The molecular formula is C28H32ClN5O4. The highest BCUT2D eigenvalue weighted by molar-refractivity contribution is 6.11. The van der Waals surface area contributed by atoms with Gasteiger partial charge in [0.05, 0.1) is 30.5 Å². The number of nitrogens with two attached hydrogens (primary N) is 1. The Morgan fingerprint density at radius 2 is 1.68 bits per heavy atom. The van der Waals surface area contributed by atoms with E-state index in [-0.39, 0.29) is 37.3 Å². The number of aryl methyl sites for hydroxylation is 1. The predicted octanol–water partition coefficient (Wildman–Crippen LogP) is 2.42. The summed E-state index contributed by atoms with van der Waals surface area (Å²) in [6, 6.07) is 17.5. The van der Waals surface area contributed by atoms with E-state index in [1.165, 1.54) is 4.90 Å². The monoisotopic (exact) mass is 537 g/mol. The first-order valence-electron chi connectivity index (χ1n) is 12.1. The molecule has 3 aromatic rings. The number of likely N-dealkylation sites (N-methyl/N-ethyl adjacent to an activating group) is 1. The molecule has 0 aliphatic carbocycles. The summed E-state index contributed by atoms with van der Waals surface area (Å²) in [5, 5.41) is 7.72. The molecule has 9 nitrogen and oxygen atoms in total. The second-order valence-electron chi connectivity index (χ2n) is 9.21. The van der Waals surface area contributed by atoms with Crippen LogP contribution in [0.5, 0.6) is 0 Å². The van der Waals surface area contributed by atoms with Crippen molar-refractivity contribution >= 4 is 58.2 Å². The summed E-state index contributed by atoms with van der Waals surface area (Å²) >= 11 is 0. The van der Waals surface area contributed by atoms with E-state index in [0.29, 0.717) is 11.4 Å². The number of hydrogen-bond acceptors (Lipinski definition) is 5. The molecule has 0 saturated carbocycles. The topological polar surface area (TPSA) is 125 Å². The Labute approximate surface area is 227 Å². The number of nitrogens with zero attached hydrogens (tertiary/aromatic N) is 2. The van der Waals surface area contributed by atoms with Gasteiger partial charge in [-0.3, -0.25) is 19.2 Å². The summed E-state index contributed by atoms with van der Waals surface area (Å²) < 4.78 is 0. The fourth-order valence-electron chi connectivity index (χ4n) is 4.58. The minimum Gasteiger partial charge on any atom is -0.369 e. The number of para-hydroxylation sites is 2. The first-order valence-corrected chi connectivity index (χ1v) is 12.1. The van der Waals surface area contributed by atoms with E-state index in [4.69, 9.17) is 5.73 Å². The Morgan fingerprint density at radius 1 is 1.03 bits per heavy atom. The number of amides is 4. The van der Waals surface area contributed by atoms with Gasteiger partial charge in [0, 0.05) is 0 Å². The van der Waals surface area contributed by atoms with E-state index < -0.39 is 30.3 Å². The minimum atomic E-state index is -1.04. The summed E-state index contributed by atoms with van der Waals surface area (Å²) in [4.78, 5) is 54.5. The van der Waals surface area contributed by atoms with Crippen LogP contribution in [0.15, 0.2) is 60.7 Å². The fourth-order valence-corrected chi connectivity index (χ4v) is 4.58. The summed E-state index contributed by atoms with van der Waals surface area (Å²) in [7, 11) is 1.65. The molecule has 4 rings (SSSR count). The highest BCUT2D eigenvalue weighted by Crippen LogP contribution is 2.35. The van der Waals surface area contributed by atoms with Crippen LogP contribution in [0, 0.1) is 6.92 Å². The normalized spacial score (nSPS) is 15.8. The molecule has 0 bridgehead atoms. The molecule has 4 amide bonds. The lowest BCUT2D eigenvalue weighted by Gasteiger charge is -2.27. The average molecular weight is 538 g/mol. The lowest BCUT2D eigenvalue weighted by molar-refractivity contribution is -0.129. The van der Waals surface area contributed by atoms with Gasteiger partial charge >= 0.3 is 0 Å². The van der Waals surface area contributed by atoms with E-state index in [1.807, 2.05) is 43.3 Å². The first kappa shape index (κ1) is 28.6. The van der Waals surface area contributed by atoms with Gasteiger partial charge in [-0.2, -0.15) is 0 Å². The summed E-state index contributed by atoms with van der Waals surface area (Å²) in [6.45, 7) is 3.77. The summed E-state index contributed by atoms with van der Waals surface area (Å²) in [6.07, 6.45) is -0.515. The molecular weight excluding hydrogens is 506 g/mol. The number of primary amides is 1. The third-order valence-electron chi connectivity index (χ3n) is 6.75. The van der Waals surface area contributed by atoms with E-state index >= 15 is 0 Å². The van der Waals surface area contributed by atoms with Crippen LogP contribution in [0.25, 0.3) is 10.8 Å². The summed E-state index contributed by atoms with van der Waals surface area (Å²) in [5.41, 5.74) is 8.28. The van der Waals surface area contributed by atoms with Crippen LogP contribution in [-0.2, 0) is 25.7 Å². The van der Waals surface area contributed by atoms with Gasteiger partial charge in [0.25, 0.3) is 5.91 Å². The van der Waals surface area contributed by atoms with Gasteiger partial charge in [0.15, 0.2) is 0 Å². The quantitative estimate of drug-likeness (QED) is 0.399. The van der Waals surface area contributed by atoms with Crippen molar-refractivity contribution < 1.29 is 19.2 Å². The van der Waals surface area contributed by atoms with Crippen molar-refractivity contribution in [3.63, 3.8) is 0 Å². The maximum atomic E-state index is 14.1. The molecule has 0 radical (unpaired) electrons. The largest absolute Gasteiger partial charge is 0.369 e. The van der Waals surface area contributed by atoms with Crippen LogP contribution in [0.4, 0.5) is 11.4 Å². The SMILES string of the molecule is CNC(C)C(=O)NC1CN(C(=O)CC(N)=O)c2ccccc2N(Cc2c(C)ccc3ccccc23)C1=O.Cl. The molecule has 2 atom stereocenters. The van der Waals surface area contributed by atoms with Gasteiger partial charge in [-0.15, -0.1) is 12.4 Å². The second-order valence-corrected chi connectivity index (χ2v) is 9.21. The van der Waals surface area contributed by atoms with Crippen molar-refractivity contribution in [2.45, 2.75) is 38.9 Å². The molecule has 38 heavy (non-hydrogen) atoms. The van der Waals surface area contributed by atoms with Crippen molar-refractivity contribution in [1.82, 2.24) is 10.6 Å². The van der Waals surface area contributed by atoms with Crippen LogP contribution in [-0.4, -0.2) is 49.3 Å². The van der Waals surface area contributed by atoms with E-state index in [1.54, 1.807) is 43.1 Å². The van der Waals surface area contributed by atoms with Crippen molar-refractivity contribution in [3.05, 3.63) is 71.8 Å². The third-order valence-corrected chi connectivity index (χ3v) is 6.75. The molecule has 4 N–H and O–H groups in total. The number of benzene rings is 3. The van der Waals surface area contributed by atoms with Crippen LogP contribution in [0.1, 0.15) is 24.5 Å². The van der Waals surface area contributed by atoms with Crippen molar-refractivity contribution in [3.8, 4) is 0 Å². The minimum absolute atomic E-state index is 0. The van der Waals surface area contributed by atoms with Crippen molar-refractivity contribution in [1.29, 1.82) is 0 Å². The zero-order valence-corrected chi connectivity index (χ0v) is 22.4. The zero-order chi connectivity index (χ0) is 26.7. The Hall–Kier alpha value is -3.95. The van der Waals surface area contributed by atoms with Crippen LogP contribution in [0.2, 0.25) is 0 Å². The van der Waals surface area contributed by atoms with Crippen LogP contribution in [0.3, 0.4) is 0 Å². The highest BCUT2D eigenvalue weighted by atomic mass is 35.5. The molecule has 0 saturated heterocycles. The molecule has 1 aliphatic heterocycles. The van der Waals surface area contributed by atoms with Gasteiger partial charge in [-0.25, -0.2) is 0 Å². The number of hydrogen-bond donors (Lipinski definition) is 3. The Kier molecular flexibility index (Phi) is 9.08. The van der Waals surface area contributed by atoms with Gasteiger partial charge in [-0.05, 0) is 54.9 Å². The molecule has 200 valence electrons. The van der Waals surface area contributed by atoms with Crippen LogP contribution >= 0.6 is 12.4 Å². The Morgan fingerprint density at radius 3 is 2.37 bits per heavy atom. The molecule has 0 fully saturated rings. The van der Waals surface area contributed by atoms with Gasteiger partial charge in [0.1, 0.15) is 12.5 Å². The molecule has 0 aromatic heterocycles. The lowest BCUT2D eigenvalue weighted by Crippen LogP contribution is -2.56. The molecule has 3 aromatic carbocycles. The number of carbonyl (C=O) groups is 4. The maximum Gasteiger partial charge on any atom is 0.251 e. The van der Waals surface area contributed by atoms with Crippen molar-refractivity contribution in [2.24, 2.45) is 5.73 Å². The zero-order valence-electron chi connectivity index (χ0n) is 21.6. The lowest BCUT2D eigenvalue weighted by atomic mass is 9.99. The molecule has 1 heterocycles. The highest BCUT2D eigenvalue weighted by Gasteiger charge is 2.37. The number of carbonyl (C=O) groups excluding carboxylic acids is 4. The van der Waals surface area contributed by atoms with E-state index in [2.05, 4.69) is 10.6 Å². The maximum absolute atomic E-state index is 14.1. The second kappa shape index (κ2) is 12.1. The number of fused-ring (bicyclic) bond motifs is 2. The molecule has 1 aliphatic rings. The van der Waals surface area contributed by atoms with Gasteiger partial charge < -0.3 is 26.2 Å². The number of halogens is 1. The smallest absolute Gasteiger partial charge is 0.251 e. The third kappa shape index (κ3) is 5.79. The first-order chi connectivity index (χ1) is 17.7. The Balaban J connectivity index is 0.00000400. The van der Waals surface area contributed by atoms with E-state index in [9.17, 15) is 19.2 Å². The standard InChI is InChI=1S/C28H31N5O4.ClH/c1-17-12-13-19-8-4-5-9-20(19)21(17)15-33-24-11-7-6-10-23(24)32(26(35)14-25(29)34)16-22(28(33)37)31-27(36)18(2)30-3;/h4-13,18,22,30H,14-16H2,1-3H3,(H2,29,34)(H,31,36);1H. The molecule has 10 heteroatoms. The van der Waals surface area contributed by atoms with Crippen LogP contribution < -0.4 is 26.2 Å². The Bertz CT molecular complexity index is 1380. The fraction of sp³-hybridized carbons (Fsp3) is 0.286. The van der Waals surface area contributed by atoms with Crippen molar-refractivity contribution in [2.75, 3.05) is 23.4 Å². The predicted molar refractivity (Wildman–Crippen MR) is 150 cm³/mol. The summed E-state index contributed by atoms with van der Waals surface area (Å²) in [5.74, 6) is -2.05. The number of rotatable bonds is 7. The number of anilines is 2. The molecule has 0 spiro atoms. The number of nitrogens with one attached hydrogen (secondary N) is 2.